The minimum Gasteiger partial charge on any atom is -0.507 e. The van der Waals surface area contributed by atoms with E-state index in [1.54, 1.807) is 30.3 Å². The molecule has 0 atom stereocenters. The summed E-state index contributed by atoms with van der Waals surface area (Å²) in [5.74, 6) is 0.693. The van der Waals surface area contributed by atoms with Crippen molar-refractivity contribution in [2.45, 2.75) is 10.6 Å². The third kappa shape index (κ3) is 3.03. The van der Waals surface area contributed by atoms with Gasteiger partial charge in [-0.15, -0.1) is 11.8 Å². The second-order valence-electron chi connectivity index (χ2n) is 3.55. The monoisotopic (exact) mass is 279 g/mol. The number of pyridine rings is 1. The van der Waals surface area contributed by atoms with Crippen LogP contribution in [0, 0.1) is 0 Å². The SMILES string of the molecule is O=Cc1cccc(CSc2c(O)cccc2Cl)n1. The summed E-state index contributed by atoms with van der Waals surface area (Å²) in [7, 11) is 0. The Kier molecular flexibility index (Phi) is 4.23. The Morgan fingerprint density at radius 2 is 2.06 bits per heavy atom. The Bertz CT molecular complexity index is 554. The average molecular weight is 280 g/mol. The van der Waals surface area contributed by atoms with Crippen molar-refractivity contribution in [2.75, 3.05) is 0 Å². The fourth-order valence-electron chi connectivity index (χ4n) is 1.43. The number of rotatable bonds is 4. The highest BCUT2D eigenvalue weighted by atomic mass is 35.5. The largest absolute Gasteiger partial charge is 0.507 e. The molecule has 5 heteroatoms. The standard InChI is InChI=1S/C13H10ClNO2S/c14-11-5-2-6-12(17)13(11)18-8-10-4-1-3-9(7-16)15-10/h1-7,17H,8H2. The molecule has 0 aliphatic carbocycles. The Morgan fingerprint density at radius 1 is 1.28 bits per heavy atom. The van der Waals surface area contributed by atoms with Crippen LogP contribution >= 0.6 is 23.4 Å². The van der Waals surface area contributed by atoms with Crippen LogP contribution < -0.4 is 0 Å². The Morgan fingerprint density at radius 3 is 2.78 bits per heavy atom. The van der Waals surface area contributed by atoms with Crippen molar-refractivity contribution >= 4 is 29.6 Å². The first-order valence-electron chi connectivity index (χ1n) is 5.22. The number of hydrogen-bond acceptors (Lipinski definition) is 4. The fraction of sp³-hybridized carbons (Fsp3) is 0.0769. The van der Waals surface area contributed by atoms with Gasteiger partial charge < -0.3 is 5.11 Å². The smallest absolute Gasteiger partial charge is 0.168 e. The molecule has 0 radical (unpaired) electrons. The second-order valence-corrected chi connectivity index (χ2v) is 4.94. The number of hydrogen-bond donors (Lipinski definition) is 1. The average Bonchev–Trinajstić information content (AvgIpc) is 2.38. The summed E-state index contributed by atoms with van der Waals surface area (Å²) in [5, 5.41) is 10.2. The first-order valence-corrected chi connectivity index (χ1v) is 6.58. The number of halogens is 1. The van der Waals surface area contributed by atoms with Crippen LogP contribution in [0.1, 0.15) is 16.2 Å². The minimum atomic E-state index is 0.152. The van der Waals surface area contributed by atoms with Crippen molar-refractivity contribution in [3.8, 4) is 5.75 Å². The summed E-state index contributed by atoms with van der Waals surface area (Å²) in [6.45, 7) is 0. The van der Waals surface area contributed by atoms with Crippen molar-refractivity contribution in [2.24, 2.45) is 0 Å². The van der Waals surface area contributed by atoms with Gasteiger partial charge in [0, 0.05) is 5.75 Å². The molecule has 2 rings (SSSR count). The maximum atomic E-state index is 10.6. The predicted molar refractivity (Wildman–Crippen MR) is 72.3 cm³/mol. The van der Waals surface area contributed by atoms with E-state index >= 15 is 0 Å². The van der Waals surface area contributed by atoms with Gasteiger partial charge in [0.2, 0.25) is 0 Å². The fourth-order valence-corrected chi connectivity index (χ4v) is 2.64. The van der Waals surface area contributed by atoms with Crippen molar-refractivity contribution in [1.82, 2.24) is 4.98 Å². The van der Waals surface area contributed by atoms with E-state index in [-0.39, 0.29) is 5.75 Å². The van der Waals surface area contributed by atoms with Gasteiger partial charge in [-0.05, 0) is 24.3 Å². The van der Waals surface area contributed by atoms with Gasteiger partial charge in [-0.25, -0.2) is 4.98 Å². The van der Waals surface area contributed by atoms with Crippen LogP contribution in [-0.2, 0) is 5.75 Å². The lowest BCUT2D eigenvalue weighted by molar-refractivity contribution is 0.111. The number of carbonyl (C=O) groups is 1. The number of phenolic OH excluding ortho intramolecular Hbond substituents is 1. The summed E-state index contributed by atoms with van der Waals surface area (Å²) >= 11 is 7.38. The number of benzene rings is 1. The molecule has 3 nitrogen and oxygen atoms in total. The van der Waals surface area contributed by atoms with Crippen molar-refractivity contribution in [1.29, 1.82) is 0 Å². The van der Waals surface area contributed by atoms with E-state index in [0.29, 0.717) is 27.7 Å². The topological polar surface area (TPSA) is 50.2 Å². The molecular formula is C13H10ClNO2S. The molecule has 0 saturated carbocycles. The molecule has 1 aromatic carbocycles. The van der Waals surface area contributed by atoms with Gasteiger partial charge in [-0.1, -0.05) is 23.7 Å². The van der Waals surface area contributed by atoms with Gasteiger partial charge in [-0.2, -0.15) is 0 Å². The van der Waals surface area contributed by atoms with E-state index in [0.717, 1.165) is 5.69 Å². The van der Waals surface area contributed by atoms with Crippen molar-refractivity contribution in [3.63, 3.8) is 0 Å². The molecule has 1 N–H and O–H groups in total. The van der Waals surface area contributed by atoms with E-state index in [4.69, 9.17) is 11.6 Å². The zero-order chi connectivity index (χ0) is 13.0. The summed E-state index contributed by atoms with van der Waals surface area (Å²) in [5.41, 5.74) is 1.17. The molecule has 2 aromatic rings. The summed E-state index contributed by atoms with van der Waals surface area (Å²) in [6, 6.07) is 10.2. The van der Waals surface area contributed by atoms with Crippen molar-refractivity contribution < 1.29 is 9.90 Å². The molecular weight excluding hydrogens is 270 g/mol. The molecule has 1 aromatic heterocycles. The number of aromatic hydroxyl groups is 1. The van der Waals surface area contributed by atoms with Crippen LogP contribution in [0.5, 0.6) is 5.75 Å². The van der Waals surface area contributed by atoms with E-state index in [2.05, 4.69) is 4.98 Å². The highest BCUT2D eigenvalue weighted by Crippen LogP contribution is 2.36. The van der Waals surface area contributed by atoms with Gasteiger partial charge in [0.15, 0.2) is 6.29 Å². The quantitative estimate of drug-likeness (QED) is 0.687. The first kappa shape index (κ1) is 12.9. The molecule has 0 bridgehead atoms. The lowest BCUT2D eigenvalue weighted by Gasteiger charge is -2.06. The van der Waals surface area contributed by atoms with Crippen LogP contribution in [0.4, 0.5) is 0 Å². The van der Waals surface area contributed by atoms with Gasteiger partial charge in [0.05, 0.1) is 15.6 Å². The highest BCUT2D eigenvalue weighted by Gasteiger charge is 2.07. The van der Waals surface area contributed by atoms with Gasteiger partial charge in [0.25, 0.3) is 0 Å². The van der Waals surface area contributed by atoms with Crippen LogP contribution in [-0.4, -0.2) is 16.4 Å². The lowest BCUT2D eigenvalue weighted by Crippen LogP contribution is -1.92. The minimum absolute atomic E-state index is 0.152. The number of thioether (sulfide) groups is 1. The molecule has 0 aliphatic heterocycles. The van der Waals surface area contributed by atoms with Crippen LogP contribution in [0.3, 0.4) is 0 Å². The van der Waals surface area contributed by atoms with Crippen LogP contribution in [0.2, 0.25) is 5.02 Å². The van der Waals surface area contributed by atoms with Crippen molar-refractivity contribution in [3.05, 3.63) is 52.8 Å². The molecule has 18 heavy (non-hydrogen) atoms. The summed E-state index contributed by atoms with van der Waals surface area (Å²) < 4.78 is 0. The zero-order valence-electron chi connectivity index (χ0n) is 9.34. The Balaban J connectivity index is 2.13. The maximum absolute atomic E-state index is 10.6. The van der Waals surface area contributed by atoms with Gasteiger partial charge in [-0.3, -0.25) is 4.79 Å². The third-order valence-corrected chi connectivity index (χ3v) is 3.84. The Hall–Kier alpha value is -1.52. The number of aldehydes is 1. The third-order valence-electron chi connectivity index (χ3n) is 2.26. The number of nitrogens with zero attached hydrogens (tertiary/aromatic N) is 1. The van der Waals surface area contributed by atoms with E-state index < -0.39 is 0 Å². The van der Waals surface area contributed by atoms with Crippen LogP contribution in [0.15, 0.2) is 41.3 Å². The molecule has 1 heterocycles. The normalized spacial score (nSPS) is 10.3. The predicted octanol–water partition coefficient (Wildman–Crippen LogP) is 3.55. The lowest BCUT2D eigenvalue weighted by atomic mass is 10.3. The molecule has 0 fully saturated rings. The van der Waals surface area contributed by atoms with E-state index in [1.807, 2.05) is 6.07 Å². The number of carbonyl (C=O) groups excluding carboxylic acids is 1. The maximum Gasteiger partial charge on any atom is 0.168 e. The van der Waals surface area contributed by atoms with Gasteiger partial charge >= 0.3 is 0 Å². The summed E-state index contributed by atoms with van der Waals surface area (Å²) in [6.07, 6.45) is 0.709. The Labute approximate surface area is 114 Å². The van der Waals surface area contributed by atoms with E-state index in [1.165, 1.54) is 11.8 Å². The van der Waals surface area contributed by atoms with Gasteiger partial charge in [0.1, 0.15) is 11.4 Å². The molecule has 0 unspecified atom stereocenters. The molecule has 0 aliphatic rings. The molecule has 0 amide bonds. The number of aromatic nitrogens is 1. The number of phenols is 1. The molecule has 0 spiro atoms. The van der Waals surface area contributed by atoms with E-state index in [9.17, 15) is 9.90 Å². The summed E-state index contributed by atoms with van der Waals surface area (Å²) in [4.78, 5) is 15.4. The highest BCUT2D eigenvalue weighted by molar-refractivity contribution is 7.98. The molecule has 0 saturated heterocycles. The van der Waals surface area contributed by atoms with Crippen LogP contribution in [0.25, 0.3) is 0 Å². The zero-order valence-corrected chi connectivity index (χ0v) is 10.9. The first-order chi connectivity index (χ1) is 8.70. The molecule has 92 valence electrons. The second kappa shape index (κ2) is 5.89.